The molecule has 60 valence electrons. The van der Waals surface area contributed by atoms with Gasteiger partial charge in [-0.25, -0.2) is 4.79 Å². The highest BCUT2D eigenvalue weighted by Gasteiger charge is 2.14. The van der Waals surface area contributed by atoms with E-state index in [2.05, 4.69) is 10.6 Å². The summed E-state index contributed by atoms with van der Waals surface area (Å²) in [6, 6.07) is 0.127. The molecule has 1 aliphatic heterocycles. The van der Waals surface area contributed by atoms with Crippen molar-refractivity contribution in [1.82, 2.24) is 10.6 Å². The summed E-state index contributed by atoms with van der Waals surface area (Å²) < 4.78 is 0. The zero-order chi connectivity index (χ0) is 6.69. The first-order valence-corrected chi connectivity index (χ1v) is 2.99. The van der Waals surface area contributed by atoms with Crippen LogP contribution in [0.1, 0.15) is 6.42 Å². The van der Waals surface area contributed by atoms with Crippen LogP contribution in [0.15, 0.2) is 0 Å². The van der Waals surface area contributed by atoms with Crippen molar-refractivity contribution in [2.24, 2.45) is 0 Å². The summed E-state index contributed by atoms with van der Waals surface area (Å²) in [5.74, 6) is 0. The second kappa shape index (κ2) is 4.35. The standard InChI is InChI=1S/C5H10N2O2.ClH/c8-5(9)7-4-1-2-6-3-4;/h4,6-7H,1-3H2,(H,8,9);1H. The number of halogens is 1. The lowest BCUT2D eigenvalue weighted by Gasteiger charge is -2.05. The van der Waals surface area contributed by atoms with Gasteiger partial charge in [0.2, 0.25) is 0 Å². The normalized spacial score (nSPS) is 23.4. The van der Waals surface area contributed by atoms with Crippen LogP contribution in [-0.4, -0.2) is 30.3 Å². The molecule has 3 N–H and O–H groups in total. The highest BCUT2D eigenvalue weighted by molar-refractivity contribution is 5.85. The summed E-state index contributed by atoms with van der Waals surface area (Å²) in [6.07, 6.45) is -0.0181. The van der Waals surface area contributed by atoms with Crippen LogP contribution in [-0.2, 0) is 0 Å². The fraction of sp³-hybridized carbons (Fsp3) is 0.800. The molecular formula is C5H11ClN2O2. The molecule has 0 aromatic rings. The molecule has 1 saturated heterocycles. The lowest BCUT2D eigenvalue weighted by atomic mass is 10.3. The summed E-state index contributed by atoms with van der Waals surface area (Å²) in [7, 11) is 0. The van der Waals surface area contributed by atoms with Gasteiger partial charge in [0.15, 0.2) is 0 Å². The topological polar surface area (TPSA) is 61.4 Å². The molecule has 4 nitrogen and oxygen atoms in total. The molecule has 0 aliphatic carbocycles. The zero-order valence-corrected chi connectivity index (χ0v) is 6.28. The molecule has 1 rings (SSSR count). The molecule has 10 heavy (non-hydrogen) atoms. The summed E-state index contributed by atoms with van der Waals surface area (Å²) in [4.78, 5) is 10.0. The molecule has 0 aromatic heterocycles. The van der Waals surface area contributed by atoms with E-state index >= 15 is 0 Å². The zero-order valence-electron chi connectivity index (χ0n) is 5.46. The fourth-order valence-corrected chi connectivity index (χ4v) is 0.952. The Morgan fingerprint density at radius 1 is 1.70 bits per heavy atom. The monoisotopic (exact) mass is 166 g/mol. The maximum Gasteiger partial charge on any atom is 0.404 e. The predicted octanol–water partition coefficient (Wildman–Crippen LogP) is 0.0377. The third kappa shape index (κ3) is 2.89. The molecule has 1 atom stereocenters. The fourth-order valence-electron chi connectivity index (χ4n) is 0.952. The molecule has 1 amide bonds. The molecule has 1 unspecified atom stereocenters. The van der Waals surface area contributed by atoms with Crippen molar-refractivity contribution in [3.63, 3.8) is 0 Å². The first-order chi connectivity index (χ1) is 4.29. The quantitative estimate of drug-likeness (QED) is 0.516. The highest BCUT2D eigenvalue weighted by atomic mass is 35.5. The largest absolute Gasteiger partial charge is 0.465 e. The van der Waals surface area contributed by atoms with Gasteiger partial charge >= 0.3 is 6.09 Å². The van der Waals surface area contributed by atoms with Gasteiger partial charge in [0.05, 0.1) is 0 Å². The molecule has 1 aliphatic rings. The number of nitrogens with one attached hydrogen (secondary N) is 2. The smallest absolute Gasteiger partial charge is 0.404 e. The summed E-state index contributed by atoms with van der Waals surface area (Å²) in [6.45, 7) is 1.69. The van der Waals surface area contributed by atoms with Crippen LogP contribution in [0.5, 0.6) is 0 Å². The van der Waals surface area contributed by atoms with Gasteiger partial charge in [-0.3, -0.25) is 0 Å². The van der Waals surface area contributed by atoms with Crippen molar-refractivity contribution in [2.45, 2.75) is 12.5 Å². The van der Waals surface area contributed by atoms with E-state index in [1.807, 2.05) is 0 Å². The first kappa shape index (κ1) is 9.52. The van der Waals surface area contributed by atoms with Gasteiger partial charge in [-0.15, -0.1) is 12.4 Å². The molecular weight excluding hydrogens is 156 g/mol. The Balaban J connectivity index is 0.000000810. The van der Waals surface area contributed by atoms with Crippen LogP contribution < -0.4 is 10.6 Å². The molecule has 0 aromatic carbocycles. The van der Waals surface area contributed by atoms with Crippen molar-refractivity contribution >= 4 is 18.5 Å². The van der Waals surface area contributed by atoms with Crippen LogP contribution in [0.4, 0.5) is 4.79 Å². The number of carboxylic acid groups (broad SMARTS) is 1. The van der Waals surface area contributed by atoms with E-state index in [1.54, 1.807) is 0 Å². The van der Waals surface area contributed by atoms with E-state index < -0.39 is 6.09 Å². The van der Waals surface area contributed by atoms with E-state index in [-0.39, 0.29) is 18.4 Å². The second-order valence-electron chi connectivity index (χ2n) is 2.14. The Labute approximate surface area is 65.4 Å². The highest BCUT2D eigenvalue weighted by Crippen LogP contribution is 1.95. The summed E-state index contributed by atoms with van der Waals surface area (Å²) in [5, 5.41) is 13.7. The van der Waals surface area contributed by atoms with Crippen molar-refractivity contribution in [2.75, 3.05) is 13.1 Å². The third-order valence-electron chi connectivity index (χ3n) is 1.39. The predicted molar refractivity (Wildman–Crippen MR) is 39.7 cm³/mol. The van der Waals surface area contributed by atoms with Crippen molar-refractivity contribution in [3.8, 4) is 0 Å². The van der Waals surface area contributed by atoms with E-state index in [9.17, 15) is 4.79 Å². The molecule has 0 radical (unpaired) electrons. The maximum atomic E-state index is 10.0. The second-order valence-corrected chi connectivity index (χ2v) is 2.14. The molecule has 5 heteroatoms. The van der Waals surface area contributed by atoms with Crippen molar-refractivity contribution < 1.29 is 9.90 Å². The maximum absolute atomic E-state index is 10.0. The number of amides is 1. The van der Waals surface area contributed by atoms with Crippen LogP contribution >= 0.6 is 12.4 Å². The first-order valence-electron chi connectivity index (χ1n) is 2.99. The van der Waals surface area contributed by atoms with Crippen LogP contribution in [0, 0.1) is 0 Å². The van der Waals surface area contributed by atoms with E-state index in [1.165, 1.54) is 0 Å². The number of hydrogen-bond donors (Lipinski definition) is 3. The lowest BCUT2D eigenvalue weighted by Crippen LogP contribution is -2.34. The minimum Gasteiger partial charge on any atom is -0.465 e. The van der Waals surface area contributed by atoms with Crippen LogP contribution in [0.2, 0.25) is 0 Å². The van der Waals surface area contributed by atoms with E-state index in [4.69, 9.17) is 5.11 Å². The molecule has 1 heterocycles. The van der Waals surface area contributed by atoms with Gasteiger partial charge < -0.3 is 15.7 Å². The molecule has 1 fully saturated rings. The molecule has 0 bridgehead atoms. The SMILES string of the molecule is Cl.O=C(O)NC1CCNC1. The minimum atomic E-state index is -0.927. The van der Waals surface area contributed by atoms with Crippen molar-refractivity contribution in [1.29, 1.82) is 0 Å². The average Bonchev–Trinajstić information content (AvgIpc) is 2.15. The van der Waals surface area contributed by atoms with Gasteiger partial charge in [-0.1, -0.05) is 0 Å². The van der Waals surface area contributed by atoms with Gasteiger partial charge in [0.1, 0.15) is 0 Å². The number of rotatable bonds is 1. The number of carbonyl (C=O) groups is 1. The Morgan fingerprint density at radius 2 is 2.40 bits per heavy atom. The lowest BCUT2D eigenvalue weighted by molar-refractivity contribution is 0.190. The van der Waals surface area contributed by atoms with Gasteiger partial charge in [-0.05, 0) is 13.0 Å². The van der Waals surface area contributed by atoms with Crippen LogP contribution in [0.3, 0.4) is 0 Å². The average molecular weight is 167 g/mol. The van der Waals surface area contributed by atoms with Crippen LogP contribution in [0.25, 0.3) is 0 Å². The molecule has 0 spiro atoms. The number of hydrogen-bond acceptors (Lipinski definition) is 2. The van der Waals surface area contributed by atoms with E-state index in [0.29, 0.717) is 0 Å². The van der Waals surface area contributed by atoms with Gasteiger partial charge in [-0.2, -0.15) is 0 Å². The summed E-state index contributed by atoms with van der Waals surface area (Å²) >= 11 is 0. The van der Waals surface area contributed by atoms with Crippen molar-refractivity contribution in [3.05, 3.63) is 0 Å². The summed E-state index contributed by atoms with van der Waals surface area (Å²) in [5.41, 5.74) is 0. The van der Waals surface area contributed by atoms with E-state index in [0.717, 1.165) is 19.5 Å². The molecule has 0 saturated carbocycles. The Morgan fingerprint density at radius 3 is 2.80 bits per heavy atom. The Kier molecular flexibility index (Phi) is 4.14. The van der Waals surface area contributed by atoms with Gasteiger partial charge in [0.25, 0.3) is 0 Å². The third-order valence-corrected chi connectivity index (χ3v) is 1.39. The van der Waals surface area contributed by atoms with Gasteiger partial charge in [0, 0.05) is 12.6 Å². The minimum absolute atomic E-state index is 0. The Bertz CT molecular complexity index is 114. The Hall–Kier alpha value is -0.480.